The van der Waals surface area contributed by atoms with Crippen molar-refractivity contribution in [3.05, 3.63) is 68.9 Å². The Labute approximate surface area is 132 Å². The van der Waals surface area contributed by atoms with E-state index in [9.17, 15) is 9.59 Å². The van der Waals surface area contributed by atoms with Crippen LogP contribution in [0.2, 0.25) is 0 Å². The molecule has 6 heteroatoms. The monoisotopic (exact) mass is 308 g/mol. The number of fused-ring (bicyclic) bond motifs is 1. The van der Waals surface area contributed by atoms with Gasteiger partial charge in [-0.1, -0.05) is 36.4 Å². The van der Waals surface area contributed by atoms with Crippen LogP contribution < -0.4 is 17.0 Å². The molecule has 2 N–H and O–H groups in total. The minimum absolute atomic E-state index is 0.0992. The maximum absolute atomic E-state index is 12.2. The zero-order valence-electron chi connectivity index (χ0n) is 12.9. The van der Waals surface area contributed by atoms with Gasteiger partial charge in [0.15, 0.2) is 0 Å². The molecule has 0 bridgehead atoms. The lowest BCUT2D eigenvalue weighted by molar-refractivity contribution is 0.692. The topological polar surface area (TPSA) is 82.4 Å². The average Bonchev–Trinajstić information content (AvgIpc) is 2.58. The molecule has 1 aromatic heterocycles. The van der Waals surface area contributed by atoms with Gasteiger partial charge in [-0.2, -0.15) is 0 Å². The molecule has 23 heavy (non-hydrogen) atoms. The number of nitrogen functional groups attached to an aromatic ring is 1. The Balaban J connectivity index is 2.18. The maximum Gasteiger partial charge on any atom is 0.332 e. The van der Waals surface area contributed by atoms with Crippen molar-refractivity contribution in [2.75, 3.05) is 5.73 Å². The van der Waals surface area contributed by atoms with Crippen molar-refractivity contribution in [2.45, 2.75) is 0 Å². The number of anilines is 1. The van der Waals surface area contributed by atoms with E-state index in [1.165, 1.54) is 24.9 Å². The first-order chi connectivity index (χ1) is 11.0. The van der Waals surface area contributed by atoms with E-state index in [0.29, 0.717) is 0 Å². The first-order valence-corrected chi connectivity index (χ1v) is 7.08. The SMILES string of the molecule is Cn1c(N)c(C=Nc2cccc3ccccc23)c(=O)n(C)c1=O. The summed E-state index contributed by atoms with van der Waals surface area (Å²) in [6.07, 6.45) is 1.42. The zero-order chi connectivity index (χ0) is 16.6. The minimum Gasteiger partial charge on any atom is -0.384 e. The fourth-order valence-electron chi connectivity index (χ4n) is 2.46. The number of aliphatic imine (C=N–C) groups is 1. The molecular weight excluding hydrogens is 292 g/mol. The van der Waals surface area contributed by atoms with E-state index in [1.54, 1.807) is 0 Å². The van der Waals surface area contributed by atoms with Crippen LogP contribution in [0.25, 0.3) is 10.8 Å². The molecule has 0 aliphatic rings. The predicted molar refractivity (Wildman–Crippen MR) is 92.5 cm³/mol. The molecule has 0 unspecified atom stereocenters. The molecule has 1 heterocycles. The van der Waals surface area contributed by atoms with Crippen LogP contribution in [0.15, 0.2) is 57.0 Å². The van der Waals surface area contributed by atoms with E-state index < -0.39 is 11.2 Å². The van der Waals surface area contributed by atoms with Crippen LogP contribution in [0.4, 0.5) is 11.5 Å². The number of aromatic nitrogens is 2. The minimum atomic E-state index is -0.463. The van der Waals surface area contributed by atoms with E-state index in [4.69, 9.17) is 5.73 Å². The lowest BCUT2D eigenvalue weighted by atomic mass is 10.1. The summed E-state index contributed by atoms with van der Waals surface area (Å²) in [5.41, 5.74) is 5.89. The van der Waals surface area contributed by atoms with E-state index in [-0.39, 0.29) is 11.4 Å². The van der Waals surface area contributed by atoms with Crippen LogP contribution in [-0.4, -0.2) is 15.3 Å². The van der Waals surface area contributed by atoms with Gasteiger partial charge in [-0.15, -0.1) is 0 Å². The van der Waals surface area contributed by atoms with Crippen molar-refractivity contribution in [3.8, 4) is 0 Å². The third-order valence-corrected chi connectivity index (χ3v) is 3.85. The van der Waals surface area contributed by atoms with Crippen molar-refractivity contribution in [1.29, 1.82) is 0 Å². The first kappa shape index (κ1) is 14.8. The van der Waals surface area contributed by atoms with E-state index in [2.05, 4.69) is 4.99 Å². The lowest BCUT2D eigenvalue weighted by Crippen LogP contribution is -2.40. The van der Waals surface area contributed by atoms with Gasteiger partial charge in [0, 0.05) is 25.7 Å². The number of benzene rings is 2. The number of nitrogens with zero attached hydrogens (tertiary/aromatic N) is 3. The highest BCUT2D eigenvalue weighted by Gasteiger charge is 2.11. The number of hydrogen-bond acceptors (Lipinski definition) is 4. The Morgan fingerprint density at radius 1 is 1.00 bits per heavy atom. The van der Waals surface area contributed by atoms with Crippen molar-refractivity contribution >= 4 is 28.5 Å². The van der Waals surface area contributed by atoms with Crippen LogP contribution in [0.1, 0.15) is 5.56 Å². The summed E-state index contributed by atoms with van der Waals surface area (Å²) in [4.78, 5) is 28.4. The molecule has 0 aliphatic carbocycles. The molecule has 0 amide bonds. The second-order valence-electron chi connectivity index (χ2n) is 5.26. The van der Waals surface area contributed by atoms with Gasteiger partial charge in [-0.05, 0) is 11.5 Å². The van der Waals surface area contributed by atoms with E-state index in [1.807, 2.05) is 42.5 Å². The van der Waals surface area contributed by atoms with Crippen LogP contribution in [0.5, 0.6) is 0 Å². The number of nitrogens with two attached hydrogens (primary N) is 1. The Bertz CT molecular complexity index is 1040. The van der Waals surface area contributed by atoms with Crippen LogP contribution in [0.3, 0.4) is 0 Å². The Kier molecular flexibility index (Phi) is 3.57. The quantitative estimate of drug-likeness (QED) is 0.729. The molecule has 0 spiro atoms. The summed E-state index contributed by atoms with van der Waals surface area (Å²) in [6.45, 7) is 0. The summed E-state index contributed by atoms with van der Waals surface area (Å²) in [7, 11) is 2.94. The highest BCUT2D eigenvalue weighted by Crippen LogP contribution is 2.25. The van der Waals surface area contributed by atoms with E-state index >= 15 is 0 Å². The second-order valence-corrected chi connectivity index (χ2v) is 5.26. The predicted octanol–water partition coefficient (Wildman–Crippen LogP) is 1.57. The molecule has 0 saturated heterocycles. The normalized spacial score (nSPS) is 11.4. The summed E-state index contributed by atoms with van der Waals surface area (Å²) in [6, 6.07) is 13.6. The van der Waals surface area contributed by atoms with Gasteiger partial charge < -0.3 is 5.73 Å². The molecule has 0 aliphatic heterocycles. The molecule has 3 rings (SSSR count). The molecule has 0 saturated carbocycles. The van der Waals surface area contributed by atoms with Gasteiger partial charge in [0.25, 0.3) is 5.56 Å². The summed E-state index contributed by atoms with van der Waals surface area (Å²) >= 11 is 0. The molecule has 3 aromatic rings. The summed E-state index contributed by atoms with van der Waals surface area (Å²) in [5.74, 6) is 0.0992. The van der Waals surface area contributed by atoms with Crippen molar-refractivity contribution < 1.29 is 0 Å². The molecule has 2 aromatic carbocycles. The molecule has 0 radical (unpaired) electrons. The van der Waals surface area contributed by atoms with Gasteiger partial charge in [-0.25, -0.2) is 4.79 Å². The summed E-state index contributed by atoms with van der Waals surface area (Å²) in [5, 5.41) is 2.04. The Morgan fingerprint density at radius 2 is 1.70 bits per heavy atom. The second kappa shape index (κ2) is 5.57. The van der Waals surface area contributed by atoms with Crippen molar-refractivity contribution in [2.24, 2.45) is 19.1 Å². The third kappa shape index (κ3) is 2.44. The number of hydrogen-bond donors (Lipinski definition) is 1. The zero-order valence-corrected chi connectivity index (χ0v) is 12.9. The Hall–Kier alpha value is -3.15. The molecular formula is C17H16N4O2. The van der Waals surface area contributed by atoms with Crippen LogP contribution >= 0.6 is 0 Å². The first-order valence-electron chi connectivity index (χ1n) is 7.08. The van der Waals surface area contributed by atoms with Gasteiger partial charge >= 0.3 is 5.69 Å². The van der Waals surface area contributed by atoms with Crippen LogP contribution in [-0.2, 0) is 14.1 Å². The van der Waals surface area contributed by atoms with Gasteiger partial charge in [0.2, 0.25) is 0 Å². The van der Waals surface area contributed by atoms with Crippen molar-refractivity contribution in [1.82, 2.24) is 9.13 Å². The molecule has 6 nitrogen and oxygen atoms in total. The highest BCUT2D eigenvalue weighted by molar-refractivity contribution is 5.96. The lowest BCUT2D eigenvalue weighted by Gasteiger charge is -2.08. The largest absolute Gasteiger partial charge is 0.384 e. The molecule has 0 fully saturated rings. The van der Waals surface area contributed by atoms with Crippen molar-refractivity contribution in [3.63, 3.8) is 0 Å². The Morgan fingerprint density at radius 3 is 2.48 bits per heavy atom. The average molecular weight is 308 g/mol. The maximum atomic E-state index is 12.2. The van der Waals surface area contributed by atoms with Gasteiger partial charge in [0.1, 0.15) is 5.82 Å². The fraction of sp³-hybridized carbons (Fsp3) is 0.118. The van der Waals surface area contributed by atoms with Gasteiger partial charge in [0.05, 0.1) is 11.3 Å². The standard InChI is InChI=1S/C17H16N4O2/c1-20-15(18)13(16(22)21(2)17(20)23)10-19-14-9-5-7-11-6-3-4-8-12(11)14/h3-10H,18H2,1-2H3. The fourth-order valence-corrected chi connectivity index (χ4v) is 2.46. The molecule has 0 atom stereocenters. The third-order valence-electron chi connectivity index (χ3n) is 3.85. The molecule has 116 valence electrons. The van der Waals surface area contributed by atoms with Crippen LogP contribution in [0, 0.1) is 0 Å². The smallest absolute Gasteiger partial charge is 0.332 e. The summed E-state index contributed by atoms with van der Waals surface area (Å²) < 4.78 is 2.24. The number of rotatable bonds is 2. The van der Waals surface area contributed by atoms with Gasteiger partial charge in [-0.3, -0.25) is 18.9 Å². The highest BCUT2D eigenvalue weighted by atomic mass is 16.2. The van der Waals surface area contributed by atoms with E-state index in [0.717, 1.165) is 21.0 Å².